The van der Waals surface area contributed by atoms with Crippen LogP contribution in [0.15, 0.2) is 27.5 Å². The van der Waals surface area contributed by atoms with Gasteiger partial charge < -0.3 is 10.4 Å². The Kier molecular flexibility index (Phi) is 3.86. The van der Waals surface area contributed by atoms with Crippen LogP contribution in [-0.4, -0.2) is 26.4 Å². The number of hydrogen-bond acceptors (Lipinski definition) is 3. The molecule has 6 nitrogen and oxygen atoms in total. The molecule has 2 unspecified atom stereocenters. The highest BCUT2D eigenvalue weighted by Crippen LogP contribution is 2.28. The maximum atomic E-state index is 12.9. The van der Waals surface area contributed by atoms with Gasteiger partial charge in [0.15, 0.2) is 0 Å². The SMILES string of the molecule is CC(C)n1c(=O)n(C2CCC(=O)NC2O)c2ccc(Br)cc21. The van der Waals surface area contributed by atoms with E-state index in [0.29, 0.717) is 12.8 Å². The molecule has 3 rings (SSSR count). The van der Waals surface area contributed by atoms with Crippen molar-refractivity contribution in [1.29, 1.82) is 0 Å². The van der Waals surface area contributed by atoms with Gasteiger partial charge >= 0.3 is 5.69 Å². The van der Waals surface area contributed by atoms with E-state index in [1.54, 1.807) is 9.13 Å². The molecule has 7 heteroatoms. The van der Waals surface area contributed by atoms with E-state index in [1.165, 1.54) is 0 Å². The Balaban J connectivity index is 2.24. The third-order valence-corrected chi connectivity index (χ3v) is 4.55. The summed E-state index contributed by atoms with van der Waals surface area (Å²) in [6.45, 7) is 3.90. The summed E-state index contributed by atoms with van der Waals surface area (Å²) >= 11 is 3.43. The van der Waals surface area contributed by atoms with Crippen molar-refractivity contribution in [2.24, 2.45) is 0 Å². The number of amides is 1. The fourth-order valence-electron chi connectivity index (χ4n) is 3.08. The Morgan fingerprint density at radius 1 is 1.32 bits per heavy atom. The first-order chi connectivity index (χ1) is 10.4. The second kappa shape index (κ2) is 5.55. The molecule has 0 saturated carbocycles. The maximum absolute atomic E-state index is 12.9. The van der Waals surface area contributed by atoms with Crippen molar-refractivity contribution >= 4 is 32.9 Å². The van der Waals surface area contributed by atoms with Crippen molar-refractivity contribution in [3.8, 4) is 0 Å². The molecule has 0 aliphatic carbocycles. The lowest BCUT2D eigenvalue weighted by atomic mass is 10.0. The maximum Gasteiger partial charge on any atom is 0.329 e. The molecule has 1 amide bonds. The Morgan fingerprint density at radius 2 is 2.05 bits per heavy atom. The molecule has 0 radical (unpaired) electrons. The van der Waals surface area contributed by atoms with Gasteiger partial charge in [0.1, 0.15) is 6.23 Å². The van der Waals surface area contributed by atoms with Crippen LogP contribution in [0.5, 0.6) is 0 Å². The topological polar surface area (TPSA) is 76.3 Å². The fraction of sp³-hybridized carbons (Fsp3) is 0.467. The smallest absolute Gasteiger partial charge is 0.329 e. The van der Waals surface area contributed by atoms with Crippen LogP contribution in [-0.2, 0) is 4.79 Å². The van der Waals surface area contributed by atoms with Crippen LogP contribution < -0.4 is 11.0 Å². The normalized spacial score (nSPS) is 22.3. The van der Waals surface area contributed by atoms with E-state index in [2.05, 4.69) is 21.2 Å². The molecule has 118 valence electrons. The van der Waals surface area contributed by atoms with Gasteiger partial charge in [0, 0.05) is 16.9 Å². The average Bonchev–Trinajstić information content (AvgIpc) is 2.70. The minimum Gasteiger partial charge on any atom is -0.372 e. The first kappa shape index (κ1) is 15.3. The van der Waals surface area contributed by atoms with Crippen LogP contribution >= 0.6 is 15.9 Å². The van der Waals surface area contributed by atoms with E-state index in [-0.39, 0.29) is 17.6 Å². The zero-order valence-electron chi connectivity index (χ0n) is 12.4. The standard InChI is InChI=1S/C15H18BrN3O3/c1-8(2)18-12-7-9(16)3-4-10(12)19(15(18)22)11-5-6-13(20)17-14(11)21/h3-4,7-8,11,14,21H,5-6H2,1-2H3,(H,17,20). The minimum atomic E-state index is -1.05. The molecule has 2 N–H and O–H groups in total. The van der Waals surface area contributed by atoms with Crippen LogP contribution in [0.2, 0.25) is 0 Å². The largest absolute Gasteiger partial charge is 0.372 e. The summed E-state index contributed by atoms with van der Waals surface area (Å²) in [4.78, 5) is 24.2. The number of aliphatic hydroxyl groups is 1. The molecule has 1 fully saturated rings. The van der Waals surface area contributed by atoms with Crippen molar-refractivity contribution in [3.05, 3.63) is 33.2 Å². The first-order valence-electron chi connectivity index (χ1n) is 7.29. The van der Waals surface area contributed by atoms with Gasteiger partial charge in [-0.15, -0.1) is 0 Å². The fourth-order valence-corrected chi connectivity index (χ4v) is 3.42. The number of imidazole rings is 1. The molecular formula is C15H18BrN3O3. The summed E-state index contributed by atoms with van der Waals surface area (Å²) < 4.78 is 4.21. The molecule has 0 bridgehead atoms. The van der Waals surface area contributed by atoms with Gasteiger partial charge in [0.05, 0.1) is 17.1 Å². The predicted octanol–water partition coefficient (Wildman–Crippen LogP) is 1.92. The molecule has 2 heterocycles. The lowest BCUT2D eigenvalue weighted by Gasteiger charge is -2.29. The van der Waals surface area contributed by atoms with Crippen LogP contribution in [0.3, 0.4) is 0 Å². The van der Waals surface area contributed by atoms with E-state index in [0.717, 1.165) is 15.5 Å². The summed E-state index contributed by atoms with van der Waals surface area (Å²) in [7, 11) is 0. The number of fused-ring (bicyclic) bond motifs is 1. The molecule has 0 spiro atoms. The van der Waals surface area contributed by atoms with Crippen molar-refractivity contribution < 1.29 is 9.90 Å². The minimum absolute atomic E-state index is 0.000810. The van der Waals surface area contributed by atoms with E-state index >= 15 is 0 Å². The van der Waals surface area contributed by atoms with Gasteiger partial charge in [-0.25, -0.2) is 4.79 Å². The molecule has 2 atom stereocenters. The molecule has 1 aromatic carbocycles. The average molecular weight is 368 g/mol. The van der Waals surface area contributed by atoms with E-state index in [1.807, 2.05) is 32.0 Å². The number of piperidine rings is 1. The third kappa shape index (κ3) is 2.38. The van der Waals surface area contributed by atoms with E-state index < -0.39 is 12.3 Å². The predicted molar refractivity (Wildman–Crippen MR) is 86.7 cm³/mol. The van der Waals surface area contributed by atoms with Gasteiger partial charge in [-0.2, -0.15) is 0 Å². The summed E-state index contributed by atoms with van der Waals surface area (Å²) in [6, 6.07) is 5.19. The number of benzene rings is 1. The van der Waals surface area contributed by atoms with Gasteiger partial charge in [-0.3, -0.25) is 13.9 Å². The second-order valence-electron chi connectivity index (χ2n) is 5.87. The highest BCUT2D eigenvalue weighted by atomic mass is 79.9. The number of nitrogens with one attached hydrogen (secondary N) is 1. The van der Waals surface area contributed by atoms with E-state index in [9.17, 15) is 14.7 Å². The number of halogens is 1. The monoisotopic (exact) mass is 367 g/mol. The summed E-state index contributed by atoms with van der Waals surface area (Å²) in [5.41, 5.74) is 1.42. The number of aliphatic hydroxyl groups excluding tert-OH is 1. The number of rotatable bonds is 2. The molecule has 1 aromatic heterocycles. The van der Waals surface area contributed by atoms with Crippen LogP contribution in [0.4, 0.5) is 0 Å². The quantitative estimate of drug-likeness (QED) is 0.851. The Morgan fingerprint density at radius 3 is 2.68 bits per heavy atom. The number of carbonyl (C=O) groups is 1. The molecular weight excluding hydrogens is 350 g/mol. The zero-order chi connectivity index (χ0) is 16.0. The van der Waals surface area contributed by atoms with Gasteiger partial charge in [-0.05, 0) is 38.5 Å². The summed E-state index contributed by atoms with van der Waals surface area (Å²) in [5, 5.41) is 12.7. The highest BCUT2D eigenvalue weighted by Gasteiger charge is 2.32. The number of hydrogen-bond donors (Lipinski definition) is 2. The van der Waals surface area contributed by atoms with Crippen molar-refractivity contribution in [2.45, 2.75) is 45.0 Å². The van der Waals surface area contributed by atoms with Crippen LogP contribution in [0.25, 0.3) is 11.0 Å². The van der Waals surface area contributed by atoms with Gasteiger partial charge in [-0.1, -0.05) is 15.9 Å². The molecule has 22 heavy (non-hydrogen) atoms. The van der Waals surface area contributed by atoms with Crippen LogP contribution in [0, 0.1) is 0 Å². The molecule has 2 aromatic rings. The summed E-state index contributed by atoms with van der Waals surface area (Å²) in [6.07, 6.45) is -0.298. The Bertz CT molecular complexity index is 793. The zero-order valence-corrected chi connectivity index (χ0v) is 14.0. The second-order valence-corrected chi connectivity index (χ2v) is 6.78. The lowest BCUT2D eigenvalue weighted by Crippen LogP contribution is -2.47. The number of carbonyl (C=O) groups excluding carboxylic acids is 1. The Labute approximate surface area is 135 Å². The number of nitrogens with zero attached hydrogens (tertiary/aromatic N) is 2. The number of aromatic nitrogens is 2. The third-order valence-electron chi connectivity index (χ3n) is 4.06. The van der Waals surface area contributed by atoms with Crippen molar-refractivity contribution in [1.82, 2.24) is 14.5 Å². The van der Waals surface area contributed by atoms with Gasteiger partial charge in [0.2, 0.25) is 5.91 Å². The lowest BCUT2D eigenvalue weighted by molar-refractivity contribution is -0.128. The molecule has 1 aliphatic rings. The van der Waals surface area contributed by atoms with Crippen LogP contribution in [0.1, 0.15) is 38.8 Å². The van der Waals surface area contributed by atoms with E-state index in [4.69, 9.17) is 0 Å². The Hall–Kier alpha value is -1.60. The summed E-state index contributed by atoms with van der Waals surface area (Å²) in [5.74, 6) is -0.188. The van der Waals surface area contributed by atoms with Crippen molar-refractivity contribution in [2.75, 3.05) is 0 Å². The molecule has 1 saturated heterocycles. The van der Waals surface area contributed by atoms with Gasteiger partial charge in [0.25, 0.3) is 0 Å². The molecule has 1 aliphatic heterocycles. The van der Waals surface area contributed by atoms with Crippen molar-refractivity contribution in [3.63, 3.8) is 0 Å². The first-order valence-corrected chi connectivity index (χ1v) is 8.09. The highest BCUT2D eigenvalue weighted by molar-refractivity contribution is 9.10.